The highest BCUT2D eigenvalue weighted by Crippen LogP contribution is 2.31. The average molecular weight is 374 g/mol. The zero-order chi connectivity index (χ0) is 19.4. The number of nitro benzene ring substituents is 1. The molecule has 0 saturated carbocycles. The zero-order valence-corrected chi connectivity index (χ0v) is 14.6. The summed E-state index contributed by atoms with van der Waals surface area (Å²) in [6, 6.07) is 5.69. The van der Waals surface area contributed by atoms with E-state index in [9.17, 15) is 19.7 Å². The van der Waals surface area contributed by atoms with Crippen LogP contribution in [0.2, 0.25) is 0 Å². The number of nitro groups is 1. The Bertz CT molecular complexity index is 872. The van der Waals surface area contributed by atoms with Gasteiger partial charge < -0.3 is 14.2 Å². The molecule has 1 amide bonds. The van der Waals surface area contributed by atoms with Gasteiger partial charge in [0.05, 0.1) is 16.2 Å². The number of anilines is 2. The Labute approximate surface area is 154 Å². The topological polar surface area (TPSA) is 128 Å². The molecule has 1 aromatic carbocycles. The standard InChI is InChI=1S/C17H18N4O6/c1-11-8-16(27-19-11)18-15(22)10-26-17(23)12-4-5-13(14(9-12)21(24)25)20-6-2-3-7-20/h4-5,8-9H,2-3,6-7,10H2,1H3,(H,18,22). The van der Waals surface area contributed by atoms with Crippen LogP contribution in [0.25, 0.3) is 0 Å². The van der Waals surface area contributed by atoms with Gasteiger partial charge in [-0.05, 0) is 31.9 Å². The van der Waals surface area contributed by atoms with Gasteiger partial charge in [-0.1, -0.05) is 5.16 Å². The molecule has 142 valence electrons. The van der Waals surface area contributed by atoms with Crippen LogP contribution in [0.4, 0.5) is 17.3 Å². The van der Waals surface area contributed by atoms with Crippen LogP contribution in [0.3, 0.4) is 0 Å². The molecule has 10 nitrogen and oxygen atoms in total. The van der Waals surface area contributed by atoms with Gasteiger partial charge in [0.15, 0.2) is 6.61 Å². The third-order valence-corrected chi connectivity index (χ3v) is 4.08. The molecule has 0 atom stereocenters. The van der Waals surface area contributed by atoms with Crippen molar-refractivity contribution in [3.63, 3.8) is 0 Å². The van der Waals surface area contributed by atoms with Gasteiger partial charge in [-0.15, -0.1) is 0 Å². The molecule has 1 saturated heterocycles. The van der Waals surface area contributed by atoms with Gasteiger partial charge in [0, 0.05) is 25.2 Å². The fourth-order valence-electron chi connectivity index (χ4n) is 2.83. The Balaban J connectivity index is 1.64. The molecule has 1 aliphatic heterocycles. The number of carbonyl (C=O) groups excluding carboxylic acids is 2. The Kier molecular flexibility index (Phi) is 5.34. The summed E-state index contributed by atoms with van der Waals surface area (Å²) in [5, 5.41) is 17.4. The second-order valence-electron chi connectivity index (χ2n) is 6.11. The van der Waals surface area contributed by atoms with E-state index in [0.29, 0.717) is 11.4 Å². The molecule has 0 unspecified atom stereocenters. The predicted molar refractivity (Wildman–Crippen MR) is 94.7 cm³/mol. The van der Waals surface area contributed by atoms with Crippen molar-refractivity contribution in [3.8, 4) is 0 Å². The van der Waals surface area contributed by atoms with Crippen molar-refractivity contribution in [1.29, 1.82) is 0 Å². The molecule has 0 radical (unpaired) electrons. The number of amides is 1. The molecule has 2 aromatic rings. The van der Waals surface area contributed by atoms with Crippen LogP contribution >= 0.6 is 0 Å². The zero-order valence-electron chi connectivity index (χ0n) is 14.6. The predicted octanol–water partition coefficient (Wildman–Crippen LogP) is 2.29. The molecule has 1 fully saturated rings. The molecule has 0 spiro atoms. The Morgan fingerprint density at radius 1 is 1.33 bits per heavy atom. The highest BCUT2D eigenvalue weighted by Gasteiger charge is 2.24. The molecular weight excluding hydrogens is 356 g/mol. The van der Waals surface area contributed by atoms with Crippen molar-refractivity contribution in [2.45, 2.75) is 19.8 Å². The van der Waals surface area contributed by atoms with E-state index in [1.807, 2.05) is 4.90 Å². The molecule has 1 N–H and O–H groups in total. The number of esters is 1. The van der Waals surface area contributed by atoms with Crippen LogP contribution in [-0.2, 0) is 9.53 Å². The lowest BCUT2D eigenvalue weighted by atomic mass is 10.1. The molecule has 1 aliphatic rings. The molecular formula is C17H18N4O6. The van der Waals surface area contributed by atoms with Crippen LogP contribution < -0.4 is 10.2 Å². The van der Waals surface area contributed by atoms with E-state index in [0.717, 1.165) is 25.9 Å². The van der Waals surface area contributed by atoms with Gasteiger partial charge in [-0.3, -0.25) is 20.2 Å². The van der Waals surface area contributed by atoms with E-state index in [-0.39, 0.29) is 17.1 Å². The van der Waals surface area contributed by atoms with E-state index >= 15 is 0 Å². The van der Waals surface area contributed by atoms with Crippen molar-refractivity contribution >= 4 is 29.1 Å². The Hall–Kier alpha value is -3.43. The third kappa shape index (κ3) is 4.40. The number of aromatic nitrogens is 1. The van der Waals surface area contributed by atoms with Crippen molar-refractivity contribution in [1.82, 2.24) is 5.16 Å². The van der Waals surface area contributed by atoms with Crippen LogP contribution in [0.15, 0.2) is 28.8 Å². The molecule has 2 heterocycles. The first-order valence-electron chi connectivity index (χ1n) is 8.38. The van der Waals surface area contributed by atoms with Gasteiger partial charge >= 0.3 is 5.97 Å². The van der Waals surface area contributed by atoms with Crippen LogP contribution in [-0.4, -0.2) is 41.7 Å². The number of carbonyl (C=O) groups is 2. The second kappa shape index (κ2) is 7.85. The maximum atomic E-state index is 12.1. The summed E-state index contributed by atoms with van der Waals surface area (Å²) < 4.78 is 9.75. The van der Waals surface area contributed by atoms with Crippen molar-refractivity contribution in [3.05, 3.63) is 45.6 Å². The lowest BCUT2D eigenvalue weighted by Crippen LogP contribution is -2.21. The van der Waals surface area contributed by atoms with Crippen LogP contribution in [0.1, 0.15) is 28.9 Å². The first-order valence-corrected chi connectivity index (χ1v) is 8.38. The fraction of sp³-hybridized carbons (Fsp3) is 0.353. The Morgan fingerprint density at radius 2 is 2.07 bits per heavy atom. The fourth-order valence-corrected chi connectivity index (χ4v) is 2.83. The van der Waals surface area contributed by atoms with Crippen molar-refractivity contribution < 1.29 is 23.8 Å². The van der Waals surface area contributed by atoms with Crippen LogP contribution in [0, 0.1) is 17.0 Å². The van der Waals surface area contributed by atoms with E-state index in [4.69, 9.17) is 9.26 Å². The minimum Gasteiger partial charge on any atom is -0.452 e. The first kappa shape index (κ1) is 18.4. The maximum Gasteiger partial charge on any atom is 0.338 e. The molecule has 27 heavy (non-hydrogen) atoms. The van der Waals surface area contributed by atoms with E-state index in [1.54, 1.807) is 6.92 Å². The smallest absolute Gasteiger partial charge is 0.338 e. The summed E-state index contributed by atoms with van der Waals surface area (Å²) in [6.45, 7) is 2.62. The summed E-state index contributed by atoms with van der Waals surface area (Å²) in [6.07, 6.45) is 1.95. The summed E-state index contributed by atoms with van der Waals surface area (Å²) >= 11 is 0. The second-order valence-corrected chi connectivity index (χ2v) is 6.11. The molecule has 1 aromatic heterocycles. The van der Waals surface area contributed by atoms with Gasteiger partial charge in [-0.2, -0.15) is 0 Å². The molecule has 3 rings (SSSR count). The van der Waals surface area contributed by atoms with Crippen molar-refractivity contribution in [2.75, 3.05) is 29.9 Å². The number of rotatable bonds is 6. The third-order valence-electron chi connectivity index (χ3n) is 4.08. The minimum atomic E-state index is -0.824. The molecule has 0 bridgehead atoms. The van der Waals surface area contributed by atoms with Gasteiger partial charge in [0.1, 0.15) is 5.69 Å². The quantitative estimate of drug-likeness (QED) is 0.463. The highest BCUT2D eigenvalue weighted by molar-refractivity contribution is 5.95. The highest BCUT2D eigenvalue weighted by atomic mass is 16.6. The van der Waals surface area contributed by atoms with Crippen molar-refractivity contribution in [2.24, 2.45) is 0 Å². The summed E-state index contributed by atoms with van der Waals surface area (Å²) in [5.74, 6) is -1.29. The minimum absolute atomic E-state index is 0.00737. The first-order chi connectivity index (χ1) is 12.9. The SMILES string of the molecule is Cc1cc(NC(=O)COC(=O)c2ccc(N3CCCC3)c([N+](=O)[O-])c2)on1. The monoisotopic (exact) mass is 374 g/mol. The van der Waals surface area contributed by atoms with E-state index in [2.05, 4.69) is 10.5 Å². The molecule has 10 heteroatoms. The van der Waals surface area contributed by atoms with Crippen LogP contribution in [0.5, 0.6) is 0 Å². The number of ether oxygens (including phenoxy) is 1. The number of hydrogen-bond acceptors (Lipinski definition) is 8. The number of benzene rings is 1. The normalized spacial score (nSPS) is 13.4. The lowest BCUT2D eigenvalue weighted by molar-refractivity contribution is -0.384. The Morgan fingerprint density at radius 3 is 2.70 bits per heavy atom. The largest absolute Gasteiger partial charge is 0.452 e. The average Bonchev–Trinajstić information content (AvgIpc) is 3.31. The number of aryl methyl sites for hydroxylation is 1. The maximum absolute atomic E-state index is 12.1. The lowest BCUT2D eigenvalue weighted by Gasteiger charge is -2.17. The summed E-state index contributed by atoms with van der Waals surface area (Å²) in [5.41, 5.74) is 0.918. The van der Waals surface area contributed by atoms with E-state index in [1.165, 1.54) is 24.3 Å². The van der Waals surface area contributed by atoms with Gasteiger partial charge in [0.2, 0.25) is 5.88 Å². The number of nitrogens with zero attached hydrogens (tertiary/aromatic N) is 3. The van der Waals surface area contributed by atoms with E-state index < -0.39 is 23.4 Å². The van der Waals surface area contributed by atoms with Gasteiger partial charge in [0.25, 0.3) is 11.6 Å². The summed E-state index contributed by atoms with van der Waals surface area (Å²) in [4.78, 5) is 36.7. The number of hydrogen-bond donors (Lipinski definition) is 1. The summed E-state index contributed by atoms with van der Waals surface area (Å²) in [7, 11) is 0. The van der Waals surface area contributed by atoms with Gasteiger partial charge in [-0.25, -0.2) is 4.79 Å². The number of nitrogens with one attached hydrogen (secondary N) is 1. The molecule has 0 aliphatic carbocycles.